The van der Waals surface area contributed by atoms with Gasteiger partial charge in [0.05, 0.1) is 10.1 Å². The lowest BCUT2D eigenvalue weighted by Gasteiger charge is -2.00. The van der Waals surface area contributed by atoms with E-state index in [0.29, 0.717) is 5.76 Å². The molecule has 17 heavy (non-hydrogen) atoms. The Balaban J connectivity index is 2.31. The second kappa shape index (κ2) is 8.09. The minimum absolute atomic E-state index is 0.212. The van der Waals surface area contributed by atoms with E-state index in [1.807, 2.05) is 0 Å². The maximum absolute atomic E-state index is 11.5. The number of esters is 1. The van der Waals surface area contributed by atoms with Crippen LogP contribution in [0.5, 0.6) is 0 Å². The van der Waals surface area contributed by atoms with Crippen LogP contribution in [-0.2, 0) is 9.53 Å². The molecule has 0 fully saturated rings. The Morgan fingerprint density at radius 2 is 1.82 bits per heavy atom. The van der Waals surface area contributed by atoms with Crippen molar-refractivity contribution in [2.24, 2.45) is 0 Å². The van der Waals surface area contributed by atoms with E-state index in [9.17, 15) is 4.79 Å². The largest absolute Gasteiger partial charge is 0.421 e. The first kappa shape index (κ1) is 15.0. The van der Waals surface area contributed by atoms with Gasteiger partial charge in [-0.2, -0.15) is 0 Å². The number of carbonyl (C=O) groups is 1. The van der Waals surface area contributed by atoms with Gasteiger partial charge in [0.25, 0.3) is 0 Å². The number of hydrogen-bond acceptors (Lipinski definition) is 2. The molecule has 0 saturated carbocycles. The number of cyclic esters (lactones) is 1. The monoisotopic (exact) mass is 364 g/mol. The van der Waals surface area contributed by atoms with Crippen molar-refractivity contribution in [2.75, 3.05) is 0 Å². The first-order chi connectivity index (χ1) is 8.20. The number of carbonyl (C=O) groups excluding carboxylic acids is 1. The van der Waals surface area contributed by atoms with Crippen LogP contribution in [0.3, 0.4) is 0 Å². The zero-order valence-corrected chi connectivity index (χ0v) is 13.3. The Morgan fingerprint density at radius 3 is 2.41 bits per heavy atom. The van der Waals surface area contributed by atoms with Gasteiger partial charge in [-0.25, -0.2) is 4.79 Å². The third kappa shape index (κ3) is 4.59. The van der Waals surface area contributed by atoms with Crippen LogP contribution in [0.2, 0.25) is 0 Å². The molecule has 0 spiro atoms. The molecule has 0 amide bonds. The predicted octanol–water partition coefficient (Wildman–Crippen LogP) is 5.18. The molecule has 0 saturated heterocycles. The second-order valence-electron chi connectivity index (χ2n) is 4.17. The third-order valence-corrected chi connectivity index (χ3v) is 4.09. The summed E-state index contributed by atoms with van der Waals surface area (Å²) in [5.41, 5.74) is 0.770. The van der Waals surface area contributed by atoms with Crippen LogP contribution in [-0.4, -0.2) is 5.97 Å². The zero-order valence-electron chi connectivity index (χ0n) is 10.1. The third-order valence-electron chi connectivity index (χ3n) is 2.81. The highest BCUT2D eigenvalue weighted by Crippen LogP contribution is 2.34. The van der Waals surface area contributed by atoms with Crippen molar-refractivity contribution in [1.82, 2.24) is 0 Å². The molecule has 1 heterocycles. The van der Waals surface area contributed by atoms with E-state index >= 15 is 0 Å². The molecule has 0 aliphatic carbocycles. The molecule has 0 aromatic rings. The van der Waals surface area contributed by atoms with Gasteiger partial charge in [-0.05, 0) is 28.8 Å². The molecular weight excluding hydrogens is 348 g/mol. The van der Waals surface area contributed by atoms with Gasteiger partial charge in [0.1, 0.15) is 0 Å². The summed E-state index contributed by atoms with van der Waals surface area (Å²) in [4.78, 5) is 13.2. The van der Waals surface area contributed by atoms with Crippen molar-refractivity contribution in [2.45, 2.75) is 51.9 Å². The summed E-state index contributed by atoms with van der Waals surface area (Å²) >= 11 is 6.58. The number of ether oxygens (including phenoxy) is 1. The van der Waals surface area contributed by atoms with Gasteiger partial charge in [-0.3, -0.25) is 0 Å². The Hall–Kier alpha value is -0.0900. The average molecular weight is 366 g/mol. The number of halogens is 2. The van der Waals surface area contributed by atoms with Gasteiger partial charge < -0.3 is 4.74 Å². The van der Waals surface area contributed by atoms with Crippen LogP contribution in [0, 0.1) is 0 Å². The van der Waals surface area contributed by atoms with E-state index in [1.165, 1.54) is 32.1 Å². The molecule has 2 nitrogen and oxygen atoms in total. The van der Waals surface area contributed by atoms with Crippen LogP contribution in [0.1, 0.15) is 51.9 Å². The van der Waals surface area contributed by atoms with E-state index < -0.39 is 0 Å². The van der Waals surface area contributed by atoms with Gasteiger partial charge in [-0.15, -0.1) is 0 Å². The highest BCUT2D eigenvalue weighted by Gasteiger charge is 2.27. The van der Waals surface area contributed by atoms with Crippen molar-refractivity contribution in [3.63, 3.8) is 0 Å². The zero-order chi connectivity index (χ0) is 12.7. The SMILES string of the molecule is CCCCCCCCC1=C(Br)/C(=C/Br)OC1=O. The van der Waals surface area contributed by atoms with Crippen LogP contribution in [0.4, 0.5) is 0 Å². The topological polar surface area (TPSA) is 26.3 Å². The first-order valence-electron chi connectivity index (χ1n) is 6.12. The summed E-state index contributed by atoms with van der Waals surface area (Å²) in [6.07, 6.45) is 8.18. The van der Waals surface area contributed by atoms with E-state index in [-0.39, 0.29) is 5.97 Å². The van der Waals surface area contributed by atoms with Crippen LogP contribution in [0.15, 0.2) is 20.8 Å². The summed E-state index contributed by atoms with van der Waals surface area (Å²) in [5.74, 6) is 0.368. The molecule has 0 aromatic heterocycles. The normalized spacial score (nSPS) is 18.1. The fourth-order valence-corrected chi connectivity index (χ4v) is 2.99. The number of hydrogen-bond donors (Lipinski definition) is 0. The van der Waals surface area contributed by atoms with Gasteiger partial charge >= 0.3 is 5.97 Å². The molecule has 1 rings (SSSR count). The van der Waals surface area contributed by atoms with Crippen molar-refractivity contribution in [3.05, 3.63) is 20.8 Å². The summed E-state index contributed by atoms with van der Waals surface area (Å²) in [6, 6.07) is 0. The highest BCUT2D eigenvalue weighted by molar-refractivity contribution is 9.12. The smallest absolute Gasteiger partial charge is 0.340 e. The Morgan fingerprint density at radius 1 is 1.18 bits per heavy atom. The molecule has 0 radical (unpaired) electrons. The van der Waals surface area contributed by atoms with E-state index in [0.717, 1.165) is 22.9 Å². The molecule has 0 atom stereocenters. The molecule has 4 heteroatoms. The standard InChI is InChI=1S/C13H18Br2O2/c1-2-3-4-5-6-7-8-10-12(15)11(9-14)17-13(10)16/h9H,2-8H2,1H3/b11-9-. The Kier molecular flexibility index (Phi) is 7.12. The van der Waals surface area contributed by atoms with E-state index in [4.69, 9.17) is 4.74 Å². The van der Waals surface area contributed by atoms with Crippen molar-refractivity contribution < 1.29 is 9.53 Å². The molecule has 0 N–H and O–H groups in total. The van der Waals surface area contributed by atoms with Crippen molar-refractivity contribution in [3.8, 4) is 0 Å². The van der Waals surface area contributed by atoms with Gasteiger partial charge in [0.15, 0.2) is 5.76 Å². The van der Waals surface area contributed by atoms with Crippen molar-refractivity contribution >= 4 is 37.8 Å². The van der Waals surface area contributed by atoms with E-state index in [1.54, 1.807) is 4.99 Å². The molecule has 0 bridgehead atoms. The molecule has 0 aromatic carbocycles. The summed E-state index contributed by atoms with van der Waals surface area (Å²) in [7, 11) is 0. The first-order valence-corrected chi connectivity index (χ1v) is 7.83. The maximum Gasteiger partial charge on any atom is 0.340 e. The molecule has 96 valence electrons. The number of rotatable bonds is 7. The van der Waals surface area contributed by atoms with Gasteiger partial charge in [0.2, 0.25) is 0 Å². The Bertz CT molecular complexity index is 332. The van der Waals surface area contributed by atoms with Crippen LogP contribution in [0.25, 0.3) is 0 Å². The number of allylic oxidation sites excluding steroid dienone is 1. The predicted molar refractivity (Wildman–Crippen MR) is 77.0 cm³/mol. The lowest BCUT2D eigenvalue weighted by atomic mass is 10.1. The van der Waals surface area contributed by atoms with E-state index in [2.05, 4.69) is 38.8 Å². The average Bonchev–Trinajstić information content (AvgIpc) is 2.60. The minimum Gasteiger partial charge on any atom is -0.421 e. The lowest BCUT2D eigenvalue weighted by Crippen LogP contribution is -1.98. The second-order valence-corrected chi connectivity index (χ2v) is 5.42. The molecule has 1 aliphatic rings. The fourth-order valence-electron chi connectivity index (χ4n) is 1.81. The summed E-state index contributed by atoms with van der Waals surface area (Å²) < 4.78 is 5.88. The van der Waals surface area contributed by atoms with Crippen LogP contribution < -0.4 is 0 Å². The lowest BCUT2D eigenvalue weighted by molar-refractivity contribution is -0.133. The molecular formula is C13H18Br2O2. The number of unbranched alkanes of at least 4 members (excludes halogenated alkanes) is 5. The van der Waals surface area contributed by atoms with Gasteiger partial charge in [0, 0.05) is 4.99 Å². The minimum atomic E-state index is -0.212. The molecule has 0 unspecified atom stereocenters. The van der Waals surface area contributed by atoms with Crippen molar-refractivity contribution in [1.29, 1.82) is 0 Å². The quantitative estimate of drug-likeness (QED) is 0.459. The summed E-state index contributed by atoms with van der Waals surface area (Å²) in [5, 5.41) is 0. The fraction of sp³-hybridized carbons (Fsp3) is 0.615. The maximum atomic E-state index is 11.5. The van der Waals surface area contributed by atoms with Gasteiger partial charge in [-0.1, -0.05) is 55.0 Å². The van der Waals surface area contributed by atoms with Crippen LogP contribution >= 0.6 is 31.9 Å². The highest BCUT2D eigenvalue weighted by atomic mass is 79.9. The summed E-state index contributed by atoms with van der Waals surface area (Å²) in [6.45, 7) is 2.21. The Labute approximate surface area is 120 Å². The molecule has 1 aliphatic heterocycles.